The van der Waals surface area contributed by atoms with Crippen molar-refractivity contribution >= 4 is 5.97 Å². The van der Waals surface area contributed by atoms with Crippen LogP contribution in [-0.2, 0) is 21.4 Å². The fourth-order valence-corrected chi connectivity index (χ4v) is 1.80. The molecular formula is C12H18F3N3O3. The van der Waals surface area contributed by atoms with Crippen LogP contribution in [0.2, 0.25) is 0 Å². The number of alkyl halides is 3. The highest BCUT2D eigenvalue weighted by molar-refractivity contribution is 5.88. The maximum absolute atomic E-state index is 12.0. The van der Waals surface area contributed by atoms with Crippen molar-refractivity contribution in [2.45, 2.75) is 46.0 Å². The van der Waals surface area contributed by atoms with E-state index >= 15 is 0 Å². The lowest BCUT2D eigenvalue weighted by molar-refractivity contribution is -0.325. The van der Waals surface area contributed by atoms with E-state index in [0.717, 1.165) is 0 Å². The predicted molar refractivity (Wildman–Crippen MR) is 66.7 cm³/mol. The molecule has 0 aliphatic rings. The van der Waals surface area contributed by atoms with Gasteiger partial charge in [0.2, 0.25) is 0 Å². The molecule has 1 rings (SSSR count). The summed E-state index contributed by atoms with van der Waals surface area (Å²) in [6.07, 6.45) is -4.70. The molecule has 0 aliphatic heterocycles. The number of carbonyl (C=O) groups is 1. The summed E-state index contributed by atoms with van der Waals surface area (Å²) >= 11 is 0. The molecule has 0 radical (unpaired) electrons. The molecule has 0 N–H and O–H groups in total. The van der Waals surface area contributed by atoms with Gasteiger partial charge in [0.1, 0.15) is 0 Å². The molecule has 1 aromatic rings. The van der Waals surface area contributed by atoms with E-state index in [2.05, 4.69) is 15.0 Å². The summed E-state index contributed by atoms with van der Waals surface area (Å²) in [6, 6.07) is 0. The molecule has 0 unspecified atom stereocenters. The average molecular weight is 309 g/mol. The number of halogens is 3. The van der Waals surface area contributed by atoms with Crippen molar-refractivity contribution in [3.63, 3.8) is 0 Å². The van der Waals surface area contributed by atoms with Gasteiger partial charge in [-0.05, 0) is 6.92 Å². The third kappa shape index (κ3) is 5.00. The number of esters is 1. The first-order chi connectivity index (χ1) is 9.56. The van der Waals surface area contributed by atoms with Gasteiger partial charge in [-0.3, -0.25) is 4.74 Å². The van der Waals surface area contributed by atoms with Crippen molar-refractivity contribution in [3.05, 3.63) is 11.4 Å². The third-order valence-corrected chi connectivity index (χ3v) is 2.48. The van der Waals surface area contributed by atoms with E-state index in [4.69, 9.17) is 4.74 Å². The highest BCUT2D eigenvalue weighted by Gasteiger charge is 2.32. The monoisotopic (exact) mass is 309 g/mol. The van der Waals surface area contributed by atoms with Crippen LogP contribution in [0.5, 0.6) is 0 Å². The molecule has 0 aromatic carbocycles. The molecule has 1 aromatic heterocycles. The van der Waals surface area contributed by atoms with Crippen LogP contribution in [0.4, 0.5) is 13.2 Å². The Labute approximate surface area is 120 Å². The second-order valence-corrected chi connectivity index (χ2v) is 5.27. The molecule has 1 heterocycles. The summed E-state index contributed by atoms with van der Waals surface area (Å²) in [4.78, 5) is 11.8. The van der Waals surface area contributed by atoms with Crippen LogP contribution in [0.25, 0.3) is 0 Å². The minimum atomic E-state index is -4.70. The van der Waals surface area contributed by atoms with Crippen molar-refractivity contribution in [3.8, 4) is 0 Å². The quantitative estimate of drug-likeness (QED) is 0.781. The molecule has 0 bridgehead atoms. The van der Waals surface area contributed by atoms with Crippen molar-refractivity contribution in [1.29, 1.82) is 0 Å². The van der Waals surface area contributed by atoms with Crippen LogP contribution < -0.4 is 0 Å². The molecule has 0 saturated carbocycles. The average Bonchev–Trinajstić information content (AvgIpc) is 2.71. The van der Waals surface area contributed by atoms with Crippen molar-refractivity contribution in [1.82, 2.24) is 15.0 Å². The lowest BCUT2D eigenvalue weighted by Crippen LogP contribution is -2.25. The lowest BCUT2D eigenvalue weighted by Gasteiger charge is -2.20. The van der Waals surface area contributed by atoms with E-state index in [9.17, 15) is 18.0 Å². The third-order valence-electron chi connectivity index (χ3n) is 2.48. The number of carbonyl (C=O) groups excluding carboxylic acids is 1. The molecule has 9 heteroatoms. The van der Waals surface area contributed by atoms with Crippen LogP contribution >= 0.6 is 0 Å². The smallest absolute Gasteiger partial charge is 0.461 e. The van der Waals surface area contributed by atoms with Gasteiger partial charge in [0.15, 0.2) is 5.69 Å². The fraction of sp³-hybridized carbons (Fsp3) is 0.750. The number of aromatic nitrogens is 3. The minimum absolute atomic E-state index is 0.0105. The zero-order valence-electron chi connectivity index (χ0n) is 12.3. The summed E-state index contributed by atoms with van der Waals surface area (Å²) < 4.78 is 45.8. The van der Waals surface area contributed by atoms with Gasteiger partial charge in [-0.1, -0.05) is 26.0 Å². The zero-order chi connectivity index (χ0) is 16.3. The first-order valence-corrected chi connectivity index (χ1v) is 6.38. The number of ether oxygens (including phenoxy) is 2. The molecule has 21 heavy (non-hydrogen) atoms. The van der Waals surface area contributed by atoms with E-state index in [1.807, 2.05) is 0 Å². The van der Waals surface area contributed by atoms with Crippen LogP contribution in [0.15, 0.2) is 0 Å². The van der Waals surface area contributed by atoms with Crippen molar-refractivity contribution < 1.29 is 27.4 Å². The molecular weight excluding hydrogens is 291 g/mol. The summed E-state index contributed by atoms with van der Waals surface area (Å²) in [5.74, 6) is -0.648. The van der Waals surface area contributed by atoms with Crippen LogP contribution in [0.3, 0.4) is 0 Å². The Morgan fingerprint density at radius 2 is 1.90 bits per heavy atom. The van der Waals surface area contributed by atoms with Gasteiger partial charge >= 0.3 is 12.3 Å². The second kappa shape index (κ2) is 6.42. The normalized spacial score (nSPS) is 12.5. The predicted octanol–water partition coefficient (Wildman–Crippen LogP) is 2.29. The Morgan fingerprint density at radius 3 is 2.38 bits per heavy atom. The SMILES string of the molecule is CCOC(=O)c1nnn(CCOC(F)(F)F)c1C(C)(C)C. The van der Waals surface area contributed by atoms with E-state index in [1.54, 1.807) is 27.7 Å². The molecule has 0 fully saturated rings. The Balaban J connectivity index is 2.97. The Hall–Kier alpha value is -1.64. The van der Waals surface area contributed by atoms with Crippen LogP contribution in [0, 0.1) is 0 Å². The van der Waals surface area contributed by atoms with Gasteiger partial charge in [0.05, 0.1) is 25.5 Å². The summed E-state index contributed by atoms with van der Waals surface area (Å²) in [5, 5.41) is 7.44. The van der Waals surface area contributed by atoms with Crippen molar-refractivity contribution in [2.75, 3.05) is 13.2 Å². The van der Waals surface area contributed by atoms with Gasteiger partial charge in [-0.25, -0.2) is 9.48 Å². The number of rotatable bonds is 5. The van der Waals surface area contributed by atoms with E-state index in [1.165, 1.54) is 4.68 Å². The largest absolute Gasteiger partial charge is 0.522 e. The van der Waals surface area contributed by atoms with Crippen LogP contribution in [0.1, 0.15) is 43.9 Å². The Morgan fingerprint density at radius 1 is 1.29 bits per heavy atom. The summed E-state index contributed by atoms with van der Waals surface area (Å²) in [6.45, 7) is 6.44. The topological polar surface area (TPSA) is 66.2 Å². The van der Waals surface area contributed by atoms with E-state index < -0.39 is 24.4 Å². The Bertz CT molecular complexity index is 492. The Kier molecular flexibility index (Phi) is 5.32. The zero-order valence-corrected chi connectivity index (χ0v) is 12.3. The highest BCUT2D eigenvalue weighted by Crippen LogP contribution is 2.25. The molecule has 6 nitrogen and oxygen atoms in total. The first kappa shape index (κ1) is 17.4. The van der Waals surface area contributed by atoms with Crippen LogP contribution in [-0.4, -0.2) is 40.5 Å². The van der Waals surface area contributed by atoms with Gasteiger partial charge in [-0.15, -0.1) is 18.3 Å². The number of hydrogen-bond acceptors (Lipinski definition) is 5. The summed E-state index contributed by atoms with van der Waals surface area (Å²) in [5.41, 5.74) is -0.118. The maximum atomic E-state index is 12.0. The molecule has 0 aliphatic carbocycles. The molecule has 0 atom stereocenters. The second-order valence-electron chi connectivity index (χ2n) is 5.27. The van der Waals surface area contributed by atoms with Gasteiger partial charge in [0, 0.05) is 5.41 Å². The van der Waals surface area contributed by atoms with Gasteiger partial charge in [-0.2, -0.15) is 0 Å². The van der Waals surface area contributed by atoms with E-state index in [0.29, 0.717) is 5.69 Å². The molecule has 0 saturated heterocycles. The van der Waals surface area contributed by atoms with Gasteiger partial charge in [0.25, 0.3) is 0 Å². The molecule has 0 amide bonds. The highest BCUT2D eigenvalue weighted by atomic mass is 19.4. The first-order valence-electron chi connectivity index (χ1n) is 6.38. The number of nitrogens with zero attached hydrogens (tertiary/aromatic N) is 3. The summed E-state index contributed by atoms with van der Waals surface area (Å²) in [7, 11) is 0. The van der Waals surface area contributed by atoms with Crippen molar-refractivity contribution in [2.24, 2.45) is 0 Å². The fourth-order valence-electron chi connectivity index (χ4n) is 1.80. The maximum Gasteiger partial charge on any atom is 0.522 e. The van der Waals surface area contributed by atoms with Gasteiger partial charge < -0.3 is 4.74 Å². The van der Waals surface area contributed by atoms with E-state index in [-0.39, 0.29) is 18.8 Å². The standard InChI is InChI=1S/C12H18F3N3O3/c1-5-20-10(19)8-9(11(2,3)4)18(17-16-8)6-7-21-12(13,14)15/h5-7H2,1-4H3. The molecule has 120 valence electrons. The molecule has 0 spiro atoms. The number of hydrogen-bond donors (Lipinski definition) is 0. The lowest BCUT2D eigenvalue weighted by atomic mass is 9.90. The minimum Gasteiger partial charge on any atom is -0.461 e.